The van der Waals surface area contributed by atoms with Gasteiger partial charge in [-0.05, 0) is 0 Å². The Morgan fingerprint density at radius 3 is 2.14 bits per heavy atom. The van der Waals surface area contributed by atoms with E-state index in [1.54, 1.807) is 0 Å². The van der Waals surface area contributed by atoms with E-state index in [2.05, 4.69) is 0 Å². The van der Waals surface area contributed by atoms with E-state index in [0.29, 0.717) is 11.5 Å². The molecule has 0 aliphatic carbocycles. The monoisotopic (exact) mass is 259 g/mol. The molecular formula is C6H13NO4S3. The van der Waals surface area contributed by atoms with Crippen LogP contribution in [0.2, 0.25) is 0 Å². The molecule has 0 bridgehead atoms. The van der Waals surface area contributed by atoms with Crippen LogP contribution in [0.15, 0.2) is 0 Å². The van der Waals surface area contributed by atoms with Crippen molar-refractivity contribution >= 4 is 31.6 Å². The normalized spacial score (nSPS) is 26.3. The first-order chi connectivity index (χ1) is 6.23. The molecule has 84 valence electrons. The molecular weight excluding hydrogens is 246 g/mol. The minimum absolute atomic E-state index is 0.279. The van der Waals surface area contributed by atoms with Gasteiger partial charge in [-0.3, -0.25) is 0 Å². The predicted octanol–water partition coefficient (Wildman–Crippen LogP) is -0.635. The molecule has 0 amide bonds. The quantitative estimate of drug-likeness (QED) is 0.660. The lowest BCUT2D eigenvalue weighted by Gasteiger charge is -2.31. The minimum atomic E-state index is -3.42. The highest BCUT2D eigenvalue weighted by Gasteiger charge is 2.36. The van der Waals surface area contributed by atoms with E-state index in [-0.39, 0.29) is 6.54 Å². The van der Waals surface area contributed by atoms with Crippen molar-refractivity contribution in [3.05, 3.63) is 0 Å². The lowest BCUT2D eigenvalue weighted by Crippen LogP contribution is -2.49. The molecule has 5 nitrogen and oxygen atoms in total. The molecule has 0 aromatic heterocycles. The first kappa shape index (κ1) is 12.3. The summed E-state index contributed by atoms with van der Waals surface area (Å²) in [6.07, 6.45) is 2.11. The van der Waals surface area contributed by atoms with E-state index in [0.717, 1.165) is 16.8 Å². The van der Waals surface area contributed by atoms with Gasteiger partial charge < -0.3 is 0 Å². The van der Waals surface area contributed by atoms with E-state index >= 15 is 0 Å². The van der Waals surface area contributed by atoms with E-state index < -0.39 is 25.2 Å². The molecule has 1 rings (SSSR count). The number of hydrogen-bond donors (Lipinski definition) is 0. The van der Waals surface area contributed by atoms with Crippen LogP contribution < -0.4 is 0 Å². The largest absolute Gasteiger partial charge is 0.227 e. The summed E-state index contributed by atoms with van der Waals surface area (Å²) in [4.78, 5) is 0. The van der Waals surface area contributed by atoms with Gasteiger partial charge in [-0.2, -0.15) is 16.1 Å². The van der Waals surface area contributed by atoms with Crippen LogP contribution in [0, 0.1) is 0 Å². The van der Waals surface area contributed by atoms with Crippen molar-refractivity contribution in [1.82, 2.24) is 4.31 Å². The summed E-state index contributed by atoms with van der Waals surface area (Å²) in [5.74, 6) is 0.977. The standard InChI is InChI=1S/C6H13NO4S3/c1-13(8,9)6-5-12-4-3-7(6)14(2,10)11/h6H,3-5H2,1-2H3. The van der Waals surface area contributed by atoms with Crippen LogP contribution in [-0.2, 0) is 19.9 Å². The van der Waals surface area contributed by atoms with Crippen molar-refractivity contribution in [3.63, 3.8) is 0 Å². The zero-order valence-electron chi connectivity index (χ0n) is 8.00. The molecule has 14 heavy (non-hydrogen) atoms. The van der Waals surface area contributed by atoms with Gasteiger partial charge in [0.05, 0.1) is 6.26 Å². The van der Waals surface area contributed by atoms with Crippen LogP contribution in [-0.4, -0.2) is 57.1 Å². The smallest absolute Gasteiger partial charge is 0.212 e. The van der Waals surface area contributed by atoms with Gasteiger partial charge in [0, 0.05) is 24.3 Å². The zero-order chi connectivity index (χ0) is 11.0. The second kappa shape index (κ2) is 3.99. The third kappa shape index (κ3) is 2.85. The van der Waals surface area contributed by atoms with E-state index in [1.165, 1.54) is 11.8 Å². The average Bonchev–Trinajstić information content (AvgIpc) is 2.01. The first-order valence-corrected chi connectivity index (χ1v) is 8.92. The molecule has 0 radical (unpaired) electrons. The topological polar surface area (TPSA) is 71.5 Å². The Morgan fingerprint density at radius 2 is 1.79 bits per heavy atom. The summed E-state index contributed by atoms with van der Waals surface area (Å²) in [6, 6.07) is 0. The highest BCUT2D eigenvalue weighted by Crippen LogP contribution is 2.22. The highest BCUT2D eigenvalue weighted by molar-refractivity contribution is 8.01. The number of thioether (sulfide) groups is 1. The fourth-order valence-electron chi connectivity index (χ4n) is 1.28. The van der Waals surface area contributed by atoms with Gasteiger partial charge in [0.25, 0.3) is 0 Å². The van der Waals surface area contributed by atoms with Gasteiger partial charge in [0.1, 0.15) is 5.37 Å². The SMILES string of the molecule is CS(=O)(=O)C1CSCCN1S(C)(=O)=O. The summed E-state index contributed by atoms with van der Waals surface area (Å²) in [5.41, 5.74) is 0. The molecule has 1 unspecified atom stereocenters. The molecule has 8 heteroatoms. The average molecular weight is 259 g/mol. The second-order valence-corrected chi connectivity index (χ2v) is 8.52. The van der Waals surface area contributed by atoms with Gasteiger partial charge in [0.2, 0.25) is 10.0 Å². The van der Waals surface area contributed by atoms with Crippen molar-refractivity contribution in [3.8, 4) is 0 Å². The fourth-order valence-corrected chi connectivity index (χ4v) is 6.04. The Balaban J connectivity index is 3.03. The van der Waals surface area contributed by atoms with Gasteiger partial charge in [-0.1, -0.05) is 0 Å². The highest BCUT2D eigenvalue weighted by atomic mass is 32.2. The Labute approximate surface area is 88.8 Å². The van der Waals surface area contributed by atoms with Crippen molar-refractivity contribution in [2.45, 2.75) is 5.37 Å². The summed E-state index contributed by atoms with van der Waals surface area (Å²) in [6.45, 7) is 0.279. The van der Waals surface area contributed by atoms with Gasteiger partial charge in [-0.25, -0.2) is 16.8 Å². The molecule has 1 atom stereocenters. The Bertz CT molecular complexity index is 359. The fraction of sp³-hybridized carbons (Fsp3) is 1.00. The van der Waals surface area contributed by atoms with E-state index in [4.69, 9.17) is 0 Å². The maximum absolute atomic E-state index is 11.3. The predicted molar refractivity (Wildman–Crippen MR) is 57.5 cm³/mol. The van der Waals surface area contributed by atoms with Crippen LogP contribution in [0.1, 0.15) is 0 Å². The number of hydrogen-bond acceptors (Lipinski definition) is 5. The summed E-state index contributed by atoms with van der Waals surface area (Å²) in [7, 11) is -6.75. The molecule has 0 aromatic carbocycles. The summed E-state index contributed by atoms with van der Waals surface area (Å²) in [5, 5.41) is -0.892. The zero-order valence-corrected chi connectivity index (χ0v) is 10.5. The third-order valence-electron chi connectivity index (χ3n) is 1.96. The molecule has 1 fully saturated rings. The maximum Gasteiger partial charge on any atom is 0.212 e. The minimum Gasteiger partial charge on any atom is -0.227 e. The molecule has 1 aliphatic heterocycles. The third-order valence-corrected chi connectivity index (χ3v) is 6.02. The lowest BCUT2D eigenvalue weighted by molar-refractivity contribution is 0.408. The van der Waals surface area contributed by atoms with Gasteiger partial charge in [0.15, 0.2) is 9.84 Å². The summed E-state index contributed by atoms with van der Waals surface area (Å²) < 4.78 is 46.3. The molecule has 1 saturated heterocycles. The number of sulfonamides is 1. The lowest BCUT2D eigenvalue weighted by atomic mass is 10.6. The molecule has 1 aliphatic rings. The van der Waals surface area contributed by atoms with Gasteiger partial charge in [-0.15, -0.1) is 0 Å². The van der Waals surface area contributed by atoms with Crippen LogP contribution >= 0.6 is 11.8 Å². The van der Waals surface area contributed by atoms with Crippen molar-refractivity contribution < 1.29 is 16.8 Å². The van der Waals surface area contributed by atoms with Crippen LogP contribution in [0.3, 0.4) is 0 Å². The molecule has 0 aromatic rings. The Morgan fingerprint density at radius 1 is 1.21 bits per heavy atom. The van der Waals surface area contributed by atoms with E-state index in [1.807, 2.05) is 0 Å². The van der Waals surface area contributed by atoms with Crippen LogP contribution in [0.25, 0.3) is 0 Å². The maximum atomic E-state index is 11.3. The molecule has 0 spiro atoms. The van der Waals surface area contributed by atoms with Crippen LogP contribution in [0.4, 0.5) is 0 Å². The van der Waals surface area contributed by atoms with Crippen molar-refractivity contribution in [2.75, 3.05) is 30.6 Å². The van der Waals surface area contributed by atoms with Crippen molar-refractivity contribution in [2.24, 2.45) is 0 Å². The molecule has 0 saturated carbocycles. The van der Waals surface area contributed by atoms with Gasteiger partial charge >= 0.3 is 0 Å². The summed E-state index contributed by atoms with van der Waals surface area (Å²) >= 11 is 1.46. The van der Waals surface area contributed by atoms with Crippen LogP contribution in [0.5, 0.6) is 0 Å². The molecule has 0 N–H and O–H groups in total. The number of nitrogens with zero attached hydrogens (tertiary/aromatic N) is 1. The van der Waals surface area contributed by atoms with E-state index in [9.17, 15) is 16.8 Å². The number of sulfone groups is 1. The Hall–Kier alpha value is 0.210. The second-order valence-electron chi connectivity index (χ2n) is 3.23. The first-order valence-electron chi connectivity index (χ1n) is 3.96. The van der Waals surface area contributed by atoms with Crippen molar-refractivity contribution in [1.29, 1.82) is 0 Å². The molecule has 1 heterocycles. The number of rotatable bonds is 2. The Kier molecular flexibility index (Phi) is 3.50.